The number of aliphatic hydroxyl groups excluding tert-OH is 2. The Kier molecular flexibility index (Phi) is 17.1. The summed E-state index contributed by atoms with van der Waals surface area (Å²) in [4.78, 5) is 0. The molecule has 0 saturated carbocycles. The predicted octanol–water partition coefficient (Wildman–Crippen LogP) is 3.41. The van der Waals surface area contributed by atoms with Crippen molar-refractivity contribution in [2.45, 2.75) is 45.4 Å². The summed E-state index contributed by atoms with van der Waals surface area (Å²) in [6.07, 6.45) is 7.76. The maximum Gasteiger partial charge on any atom is 0.119 e. The van der Waals surface area contributed by atoms with Crippen LogP contribution in [0, 0.1) is 0 Å². The van der Waals surface area contributed by atoms with E-state index < -0.39 is 0 Å². The molecule has 0 radical (unpaired) electrons. The highest BCUT2D eigenvalue weighted by Gasteiger charge is 1.90. The highest BCUT2D eigenvalue weighted by molar-refractivity contribution is 5.20. The van der Waals surface area contributed by atoms with E-state index in [2.05, 4.69) is 6.92 Å². The average Bonchev–Trinajstić information content (AvgIpc) is 2.57. The molecular weight excluding hydrogens is 280 g/mol. The summed E-state index contributed by atoms with van der Waals surface area (Å²) in [6.45, 7) is 4.11. The molecule has 1 aromatic rings. The second kappa shape index (κ2) is 18.0. The van der Waals surface area contributed by atoms with E-state index in [-0.39, 0.29) is 13.2 Å². The molecule has 0 bridgehead atoms. The molecule has 0 aliphatic heterocycles. The average molecular weight is 312 g/mol. The highest BCUT2D eigenvalue weighted by atomic mass is 16.5. The maximum atomic E-state index is 8.41. The number of ether oxygens (including phenoxy) is 2. The molecule has 0 aliphatic rings. The Morgan fingerprint density at radius 3 is 2.05 bits per heavy atom. The summed E-state index contributed by atoms with van der Waals surface area (Å²) in [6, 6.07) is 9.43. The van der Waals surface area contributed by atoms with Crippen LogP contribution >= 0.6 is 0 Å². The Morgan fingerprint density at radius 2 is 1.41 bits per heavy atom. The fourth-order valence-corrected chi connectivity index (χ4v) is 1.83. The van der Waals surface area contributed by atoms with Crippen molar-refractivity contribution >= 4 is 0 Å². The molecule has 0 heterocycles. The molecule has 128 valence electrons. The van der Waals surface area contributed by atoms with Crippen LogP contribution in [0.3, 0.4) is 0 Å². The second-order valence-corrected chi connectivity index (χ2v) is 4.99. The molecule has 0 aromatic heterocycles. The largest absolute Gasteiger partial charge is 0.491 e. The zero-order chi connectivity index (χ0) is 16.3. The van der Waals surface area contributed by atoms with Gasteiger partial charge in [0.05, 0.1) is 19.8 Å². The van der Waals surface area contributed by atoms with Gasteiger partial charge in [0.2, 0.25) is 0 Å². The zero-order valence-corrected chi connectivity index (χ0v) is 13.9. The van der Waals surface area contributed by atoms with Gasteiger partial charge in [-0.1, -0.05) is 57.2 Å². The molecule has 4 nitrogen and oxygen atoms in total. The molecule has 0 fully saturated rings. The van der Waals surface area contributed by atoms with Crippen LogP contribution in [0.1, 0.15) is 45.4 Å². The molecule has 0 spiro atoms. The van der Waals surface area contributed by atoms with Gasteiger partial charge in [-0.3, -0.25) is 0 Å². The summed E-state index contributed by atoms with van der Waals surface area (Å²) in [5.41, 5.74) is 0. The lowest BCUT2D eigenvalue weighted by atomic mass is 10.1. The standard InChI is InChI=1S/C10H22O2.C8H10O2/c1-2-3-4-5-6-7-9-12-10-8-11;9-6-7-10-8-4-2-1-3-5-8/h11H,2-10H2,1H3;1-5,9H,6-7H2. The van der Waals surface area contributed by atoms with Gasteiger partial charge in [0, 0.05) is 6.61 Å². The van der Waals surface area contributed by atoms with E-state index in [9.17, 15) is 0 Å². The van der Waals surface area contributed by atoms with Gasteiger partial charge in [-0.05, 0) is 18.6 Å². The molecule has 22 heavy (non-hydrogen) atoms. The number of hydrogen-bond donors (Lipinski definition) is 2. The van der Waals surface area contributed by atoms with Gasteiger partial charge in [-0.15, -0.1) is 0 Å². The Morgan fingerprint density at radius 1 is 0.773 bits per heavy atom. The number of rotatable bonds is 12. The normalized spacial score (nSPS) is 9.95. The highest BCUT2D eigenvalue weighted by Crippen LogP contribution is 2.07. The van der Waals surface area contributed by atoms with Gasteiger partial charge in [0.25, 0.3) is 0 Å². The second-order valence-electron chi connectivity index (χ2n) is 4.99. The number of hydrogen-bond acceptors (Lipinski definition) is 4. The van der Waals surface area contributed by atoms with Crippen LogP contribution in [0.4, 0.5) is 0 Å². The molecule has 1 aromatic carbocycles. The van der Waals surface area contributed by atoms with Gasteiger partial charge < -0.3 is 19.7 Å². The van der Waals surface area contributed by atoms with Crippen molar-refractivity contribution in [2.24, 2.45) is 0 Å². The Balaban J connectivity index is 0.000000406. The lowest BCUT2D eigenvalue weighted by molar-refractivity contribution is 0.0895. The lowest BCUT2D eigenvalue weighted by Gasteiger charge is -2.01. The molecule has 1 rings (SSSR count). The van der Waals surface area contributed by atoms with Crippen LogP contribution in [0.15, 0.2) is 30.3 Å². The predicted molar refractivity (Wildman–Crippen MR) is 90.3 cm³/mol. The Hall–Kier alpha value is -1.10. The number of aliphatic hydroxyl groups is 2. The van der Waals surface area contributed by atoms with Crippen LogP contribution in [0.2, 0.25) is 0 Å². The maximum absolute atomic E-state index is 8.41. The SMILES string of the molecule is CCCCCCCCOCCO.OCCOc1ccccc1. The van der Waals surface area contributed by atoms with Crippen molar-refractivity contribution in [2.75, 3.05) is 33.0 Å². The summed E-state index contributed by atoms with van der Waals surface area (Å²) >= 11 is 0. The third-order valence-corrected chi connectivity index (χ3v) is 2.98. The molecule has 2 N–H and O–H groups in total. The van der Waals surface area contributed by atoms with Gasteiger partial charge in [0.15, 0.2) is 0 Å². The first-order valence-electron chi connectivity index (χ1n) is 8.32. The summed E-state index contributed by atoms with van der Waals surface area (Å²) in [5.74, 6) is 0.802. The van der Waals surface area contributed by atoms with Crippen LogP contribution in [0.25, 0.3) is 0 Å². The van der Waals surface area contributed by atoms with Crippen molar-refractivity contribution in [3.63, 3.8) is 0 Å². The van der Waals surface area contributed by atoms with Gasteiger partial charge in [-0.2, -0.15) is 0 Å². The van der Waals surface area contributed by atoms with Crippen LogP contribution in [-0.4, -0.2) is 43.2 Å². The lowest BCUT2D eigenvalue weighted by Crippen LogP contribution is -2.00. The van der Waals surface area contributed by atoms with E-state index >= 15 is 0 Å². The topological polar surface area (TPSA) is 58.9 Å². The third kappa shape index (κ3) is 15.3. The van der Waals surface area contributed by atoms with E-state index in [1.807, 2.05) is 30.3 Å². The first-order chi connectivity index (χ1) is 10.8. The zero-order valence-electron chi connectivity index (χ0n) is 13.9. The van der Waals surface area contributed by atoms with E-state index in [4.69, 9.17) is 19.7 Å². The molecule has 0 amide bonds. The van der Waals surface area contributed by atoms with Crippen molar-refractivity contribution in [1.82, 2.24) is 0 Å². The number of para-hydroxylation sites is 1. The van der Waals surface area contributed by atoms with Crippen molar-refractivity contribution in [1.29, 1.82) is 0 Å². The molecule has 0 unspecified atom stereocenters. The van der Waals surface area contributed by atoms with Gasteiger partial charge >= 0.3 is 0 Å². The smallest absolute Gasteiger partial charge is 0.119 e. The molecule has 0 saturated heterocycles. The van der Waals surface area contributed by atoms with Crippen LogP contribution < -0.4 is 4.74 Å². The fourth-order valence-electron chi connectivity index (χ4n) is 1.83. The van der Waals surface area contributed by atoms with Gasteiger partial charge in [0.1, 0.15) is 12.4 Å². The third-order valence-electron chi connectivity index (χ3n) is 2.98. The first-order valence-corrected chi connectivity index (χ1v) is 8.32. The monoisotopic (exact) mass is 312 g/mol. The van der Waals surface area contributed by atoms with E-state index in [1.165, 1.54) is 32.1 Å². The van der Waals surface area contributed by atoms with Crippen molar-refractivity contribution < 1.29 is 19.7 Å². The Bertz CT molecular complexity index is 293. The van der Waals surface area contributed by atoms with Gasteiger partial charge in [-0.25, -0.2) is 0 Å². The van der Waals surface area contributed by atoms with Crippen molar-refractivity contribution in [3.05, 3.63) is 30.3 Å². The minimum atomic E-state index is 0.0644. The first kappa shape index (κ1) is 20.9. The molecular formula is C18H32O4. The summed E-state index contributed by atoms with van der Waals surface area (Å²) < 4.78 is 10.2. The van der Waals surface area contributed by atoms with Crippen LogP contribution in [0.5, 0.6) is 5.75 Å². The molecule has 0 aliphatic carbocycles. The number of unbranched alkanes of at least 4 members (excludes halogenated alkanes) is 5. The molecule has 0 atom stereocenters. The summed E-state index contributed by atoms with van der Waals surface area (Å²) in [5, 5.41) is 16.8. The van der Waals surface area contributed by atoms with E-state index in [1.54, 1.807) is 0 Å². The minimum absolute atomic E-state index is 0.0644. The number of benzene rings is 1. The quantitative estimate of drug-likeness (QED) is 0.581. The van der Waals surface area contributed by atoms with E-state index in [0.29, 0.717) is 13.2 Å². The fraction of sp³-hybridized carbons (Fsp3) is 0.667. The van der Waals surface area contributed by atoms with Crippen molar-refractivity contribution in [3.8, 4) is 5.75 Å². The molecule has 4 heteroatoms. The van der Waals surface area contributed by atoms with Crippen LogP contribution in [-0.2, 0) is 4.74 Å². The Labute approximate surface area is 135 Å². The minimum Gasteiger partial charge on any atom is -0.491 e. The van der Waals surface area contributed by atoms with E-state index in [0.717, 1.165) is 18.8 Å². The summed E-state index contributed by atoms with van der Waals surface area (Å²) in [7, 11) is 0.